The highest BCUT2D eigenvalue weighted by atomic mass is 16.1. The van der Waals surface area contributed by atoms with Crippen molar-refractivity contribution in [3.63, 3.8) is 0 Å². The molecular formula is C8H14N2O. The van der Waals surface area contributed by atoms with Gasteiger partial charge in [-0.25, -0.2) is 0 Å². The van der Waals surface area contributed by atoms with Crippen LogP contribution >= 0.6 is 0 Å². The van der Waals surface area contributed by atoms with Crippen LogP contribution in [-0.2, 0) is 6.42 Å². The maximum Gasteiger partial charge on any atom is 0.264 e. The third-order valence-corrected chi connectivity index (χ3v) is 1.37. The van der Waals surface area contributed by atoms with E-state index in [9.17, 15) is 4.79 Å². The van der Waals surface area contributed by atoms with E-state index in [1.165, 1.54) is 0 Å². The summed E-state index contributed by atoms with van der Waals surface area (Å²) in [6.07, 6.45) is 0.895. The van der Waals surface area contributed by atoms with E-state index < -0.39 is 0 Å². The minimum atomic E-state index is -0.0516. The number of hydrogen-bond donors (Lipinski definition) is 2. The minimum absolute atomic E-state index is 0.0516. The molecule has 0 fully saturated rings. The van der Waals surface area contributed by atoms with Crippen LogP contribution in [0.2, 0.25) is 0 Å². The third kappa shape index (κ3) is 2.62. The molecule has 0 aliphatic heterocycles. The Bertz CT molecular complexity index is 277. The monoisotopic (exact) mass is 154 g/mol. The lowest BCUT2D eigenvalue weighted by Crippen LogP contribution is -2.09. The largest absolute Gasteiger partial charge is 0.302 e. The smallest absolute Gasteiger partial charge is 0.264 e. The topological polar surface area (TPSA) is 48.6 Å². The van der Waals surface area contributed by atoms with Crippen molar-refractivity contribution in [3.05, 3.63) is 22.1 Å². The summed E-state index contributed by atoms with van der Waals surface area (Å²) in [6, 6.07) is 1.60. The van der Waals surface area contributed by atoms with Crippen LogP contribution in [0.3, 0.4) is 0 Å². The third-order valence-electron chi connectivity index (χ3n) is 1.37. The van der Waals surface area contributed by atoms with Crippen LogP contribution in [0.25, 0.3) is 0 Å². The van der Waals surface area contributed by atoms with Gasteiger partial charge in [-0.05, 0) is 11.8 Å². The summed E-state index contributed by atoms with van der Waals surface area (Å²) in [5.41, 5.74) is 1.15. The molecule has 1 aromatic rings. The summed E-state index contributed by atoms with van der Waals surface area (Å²) in [5, 5.41) is 5.34. The molecule has 0 spiro atoms. The predicted octanol–water partition coefficient (Wildman–Crippen LogP) is 1.29. The van der Waals surface area contributed by atoms with E-state index in [1.807, 2.05) is 0 Å². The molecular weight excluding hydrogens is 140 g/mol. The van der Waals surface area contributed by atoms with Gasteiger partial charge < -0.3 is 5.10 Å². The van der Waals surface area contributed by atoms with Crippen LogP contribution in [0.4, 0.5) is 0 Å². The van der Waals surface area contributed by atoms with Crippen LogP contribution in [0.15, 0.2) is 10.9 Å². The summed E-state index contributed by atoms with van der Waals surface area (Å²) < 4.78 is 0. The second-order valence-corrected chi connectivity index (χ2v) is 4.02. The Morgan fingerprint density at radius 2 is 2.00 bits per heavy atom. The van der Waals surface area contributed by atoms with Crippen molar-refractivity contribution in [1.82, 2.24) is 10.2 Å². The highest BCUT2D eigenvalue weighted by Crippen LogP contribution is 2.17. The van der Waals surface area contributed by atoms with Crippen molar-refractivity contribution in [2.24, 2.45) is 5.41 Å². The Morgan fingerprint density at radius 1 is 1.36 bits per heavy atom. The molecule has 1 heterocycles. The fraction of sp³-hybridized carbons (Fsp3) is 0.625. The number of nitrogens with one attached hydrogen (secondary N) is 2. The van der Waals surface area contributed by atoms with Crippen molar-refractivity contribution in [1.29, 1.82) is 0 Å². The zero-order valence-electron chi connectivity index (χ0n) is 7.19. The zero-order valence-corrected chi connectivity index (χ0v) is 7.19. The zero-order chi connectivity index (χ0) is 8.48. The maximum absolute atomic E-state index is 10.7. The SMILES string of the molecule is CC(C)(C)Cc1cc(=O)[nH][nH]1. The quantitative estimate of drug-likeness (QED) is 0.629. The van der Waals surface area contributed by atoms with Crippen LogP contribution in [0.1, 0.15) is 26.5 Å². The van der Waals surface area contributed by atoms with Crippen LogP contribution in [0, 0.1) is 5.41 Å². The van der Waals surface area contributed by atoms with E-state index in [4.69, 9.17) is 0 Å². The molecule has 0 amide bonds. The lowest BCUT2D eigenvalue weighted by molar-refractivity contribution is 0.406. The molecule has 0 saturated carbocycles. The van der Waals surface area contributed by atoms with Gasteiger partial charge in [0.05, 0.1) is 0 Å². The number of aromatic amines is 2. The molecule has 0 aliphatic carbocycles. The number of aromatic nitrogens is 2. The first-order chi connectivity index (χ1) is 4.97. The molecule has 1 rings (SSSR count). The van der Waals surface area contributed by atoms with E-state index in [-0.39, 0.29) is 11.0 Å². The molecule has 0 bridgehead atoms. The van der Waals surface area contributed by atoms with Gasteiger partial charge in [0.25, 0.3) is 5.56 Å². The fourth-order valence-corrected chi connectivity index (χ4v) is 1.04. The molecule has 0 aromatic carbocycles. The maximum atomic E-state index is 10.7. The molecule has 11 heavy (non-hydrogen) atoms. The summed E-state index contributed by atoms with van der Waals surface area (Å²) in [5.74, 6) is 0. The lowest BCUT2D eigenvalue weighted by Gasteiger charge is -2.15. The van der Waals surface area contributed by atoms with Gasteiger partial charge in [-0.15, -0.1) is 0 Å². The van der Waals surface area contributed by atoms with Crippen LogP contribution in [-0.4, -0.2) is 10.2 Å². The number of rotatable bonds is 1. The van der Waals surface area contributed by atoms with Crippen molar-refractivity contribution in [2.75, 3.05) is 0 Å². The minimum Gasteiger partial charge on any atom is -0.302 e. The van der Waals surface area contributed by atoms with Crippen LogP contribution in [0.5, 0.6) is 0 Å². The van der Waals surface area contributed by atoms with Gasteiger partial charge in [0, 0.05) is 11.8 Å². The highest BCUT2D eigenvalue weighted by Gasteiger charge is 2.11. The molecule has 3 nitrogen and oxygen atoms in total. The van der Waals surface area contributed by atoms with Crippen molar-refractivity contribution in [3.8, 4) is 0 Å². The van der Waals surface area contributed by atoms with Gasteiger partial charge in [-0.2, -0.15) is 0 Å². The molecule has 0 saturated heterocycles. The molecule has 0 aliphatic rings. The normalized spacial score (nSPS) is 11.9. The number of hydrogen-bond acceptors (Lipinski definition) is 1. The summed E-state index contributed by atoms with van der Waals surface area (Å²) in [4.78, 5) is 10.7. The first-order valence-corrected chi connectivity index (χ1v) is 3.74. The second-order valence-electron chi connectivity index (χ2n) is 4.02. The van der Waals surface area contributed by atoms with E-state index in [2.05, 4.69) is 31.0 Å². The average molecular weight is 154 g/mol. The second kappa shape index (κ2) is 2.57. The number of H-pyrrole nitrogens is 2. The van der Waals surface area contributed by atoms with Gasteiger partial charge in [-0.1, -0.05) is 20.8 Å². The Morgan fingerprint density at radius 3 is 2.36 bits per heavy atom. The first-order valence-electron chi connectivity index (χ1n) is 3.74. The molecule has 3 heteroatoms. The van der Waals surface area contributed by atoms with Gasteiger partial charge in [0.2, 0.25) is 0 Å². The fourth-order valence-electron chi connectivity index (χ4n) is 1.04. The van der Waals surface area contributed by atoms with Gasteiger partial charge in [0.1, 0.15) is 0 Å². The van der Waals surface area contributed by atoms with Crippen LogP contribution < -0.4 is 5.56 Å². The van der Waals surface area contributed by atoms with E-state index in [0.717, 1.165) is 12.1 Å². The molecule has 2 N–H and O–H groups in total. The average Bonchev–Trinajstić information content (AvgIpc) is 2.10. The first kappa shape index (κ1) is 8.11. The van der Waals surface area contributed by atoms with Gasteiger partial charge >= 0.3 is 0 Å². The van der Waals surface area contributed by atoms with Crippen molar-refractivity contribution >= 4 is 0 Å². The molecule has 62 valence electrons. The summed E-state index contributed by atoms with van der Waals surface area (Å²) in [7, 11) is 0. The molecule has 0 atom stereocenters. The van der Waals surface area contributed by atoms with Gasteiger partial charge in [0.15, 0.2) is 0 Å². The Balaban J connectivity index is 2.73. The lowest BCUT2D eigenvalue weighted by atomic mass is 9.91. The highest BCUT2D eigenvalue weighted by molar-refractivity contribution is 5.00. The molecule has 0 radical (unpaired) electrons. The Labute approximate surface area is 65.8 Å². The predicted molar refractivity (Wildman–Crippen MR) is 44.6 cm³/mol. The molecule has 0 unspecified atom stereocenters. The van der Waals surface area contributed by atoms with E-state index in [1.54, 1.807) is 6.07 Å². The van der Waals surface area contributed by atoms with E-state index >= 15 is 0 Å². The molecule has 1 aromatic heterocycles. The van der Waals surface area contributed by atoms with E-state index in [0.29, 0.717) is 0 Å². The van der Waals surface area contributed by atoms with Crippen molar-refractivity contribution < 1.29 is 0 Å². The summed E-state index contributed by atoms with van der Waals surface area (Å²) in [6.45, 7) is 6.41. The summed E-state index contributed by atoms with van der Waals surface area (Å²) >= 11 is 0. The Kier molecular flexibility index (Phi) is 1.89. The Hall–Kier alpha value is -0.990. The van der Waals surface area contributed by atoms with Crippen molar-refractivity contribution in [2.45, 2.75) is 27.2 Å². The standard InChI is InChI=1S/C8H14N2O/c1-8(2,3)5-6-4-7(11)10-9-6/h4H,5H2,1-3H3,(H2,9,10,11). The van der Waals surface area contributed by atoms with Gasteiger partial charge in [-0.3, -0.25) is 9.89 Å².